The van der Waals surface area contributed by atoms with Gasteiger partial charge in [-0.2, -0.15) is 0 Å². The zero-order chi connectivity index (χ0) is 16.7. The van der Waals surface area contributed by atoms with Gasteiger partial charge in [-0.15, -0.1) is 0 Å². The van der Waals surface area contributed by atoms with Crippen LogP contribution in [0.25, 0.3) is 0 Å². The third-order valence-electron chi connectivity index (χ3n) is 3.72. The molecular formula is C19H23FN2O. The normalized spacial score (nSPS) is 12.0. The summed E-state index contributed by atoms with van der Waals surface area (Å²) in [4.78, 5) is 12.1. The fourth-order valence-electron chi connectivity index (χ4n) is 2.46. The number of nitrogens with one attached hydrogen (secondary N) is 2. The van der Waals surface area contributed by atoms with E-state index in [1.807, 2.05) is 30.3 Å². The van der Waals surface area contributed by atoms with Gasteiger partial charge < -0.3 is 10.6 Å². The average molecular weight is 314 g/mol. The fraction of sp³-hybridized carbons (Fsp3) is 0.316. The minimum Gasteiger partial charge on any atom is -0.338 e. The molecular weight excluding hydrogens is 291 g/mol. The van der Waals surface area contributed by atoms with E-state index in [-0.39, 0.29) is 17.9 Å². The number of hydrogen-bond donors (Lipinski definition) is 2. The lowest BCUT2D eigenvalue weighted by atomic mass is 9.96. The summed E-state index contributed by atoms with van der Waals surface area (Å²) < 4.78 is 12.8. The van der Waals surface area contributed by atoms with E-state index in [4.69, 9.17) is 0 Å². The molecule has 2 rings (SSSR count). The van der Waals surface area contributed by atoms with Crippen LogP contribution in [0.15, 0.2) is 54.6 Å². The van der Waals surface area contributed by atoms with E-state index in [0.29, 0.717) is 18.9 Å². The Balaban J connectivity index is 1.84. The van der Waals surface area contributed by atoms with Gasteiger partial charge in [0.15, 0.2) is 0 Å². The third-order valence-corrected chi connectivity index (χ3v) is 3.72. The number of rotatable bonds is 6. The van der Waals surface area contributed by atoms with Crippen LogP contribution in [0.5, 0.6) is 0 Å². The monoisotopic (exact) mass is 314 g/mol. The lowest BCUT2D eigenvalue weighted by molar-refractivity contribution is 0.233. The highest BCUT2D eigenvalue weighted by atomic mass is 19.1. The highest BCUT2D eigenvalue weighted by molar-refractivity contribution is 5.74. The highest BCUT2D eigenvalue weighted by Gasteiger charge is 2.17. The number of carbonyl (C=O) groups is 1. The molecule has 3 nitrogen and oxygen atoms in total. The minimum absolute atomic E-state index is 0.0259. The van der Waals surface area contributed by atoms with Crippen molar-refractivity contribution in [3.63, 3.8) is 0 Å². The third kappa shape index (κ3) is 5.40. The number of hydrogen-bond acceptors (Lipinski definition) is 1. The van der Waals surface area contributed by atoms with Gasteiger partial charge in [-0.1, -0.05) is 56.3 Å². The van der Waals surface area contributed by atoms with E-state index >= 15 is 0 Å². The van der Waals surface area contributed by atoms with E-state index in [2.05, 4.69) is 24.5 Å². The van der Waals surface area contributed by atoms with Crippen molar-refractivity contribution in [2.75, 3.05) is 6.54 Å². The first kappa shape index (κ1) is 17.0. The molecule has 4 heteroatoms. The zero-order valence-corrected chi connectivity index (χ0v) is 13.6. The maximum Gasteiger partial charge on any atom is 0.315 e. The molecule has 2 aromatic carbocycles. The van der Waals surface area contributed by atoms with Crippen molar-refractivity contribution >= 4 is 6.03 Å². The van der Waals surface area contributed by atoms with Crippen LogP contribution in [0.4, 0.5) is 9.18 Å². The Bertz CT molecular complexity index is 611. The molecule has 0 heterocycles. The molecule has 2 aromatic rings. The second kappa shape index (κ2) is 8.32. The molecule has 0 aliphatic rings. The quantitative estimate of drug-likeness (QED) is 0.829. The van der Waals surface area contributed by atoms with Crippen molar-refractivity contribution in [1.82, 2.24) is 10.6 Å². The van der Waals surface area contributed by atoms with Crippen LogP contribution in [0.1, 0.15) is 31.0 Å². The summed E-state index contributed by atoms with van der Waals surface area (Å²) in [5.74, 6) is 0.0438. The Labute approximate surface area is 136 Å². The molecule has 0 radical (unpaired) electrons. The van der Waals surface area contributed by atoms with Crippen LogP contribution in [-0.2, 0) is 6.42 Å². The predicted octanol–water partition coefficient (Wildman–Crippen LogP) is 4.06. The molecule has 0 saturated heterocycles. The van der Waals surface area contributed by atoms with Crippen LogP contribution in [0, 0.1) is 11.7 Å². The van der Waals surface area contributed by atoms with Gasteiger partial charge in [0.05, 0.1) is 6.04 Å². The second-order valence-corrected chi connectivity index (χ2v) is 5.91. The lowest BCUT2D eigenvalue weighted by Crippen LogP contribution is -2.40. The van der Waals surface area contributed by atoms with E-state index in [0.717, 1.165) is 11.1 Å². The summed E-state index contributed by atoms with van der Waals surface area (Å²) in [6.07, 6.45) is 0.672. The molecule has 0 aliphatic carbocycles. The average Bonchev–Trinajstić information content (AvgIpc) is 2.55. The van der Waals surface area contributed by atoms with E-state index in [1.165, 1.54) is 12.1 Å². The summed E-state index contributed by atoms with van der Waals surface area (Å²) in [5.41, 5.74) is 2.09. The number of carbonyl (C=O) groups excluding carboxylic acids is 1. The number of amides is 2. The molecule has 2 N–H and O–H groups in total. The van der Waals surface area contributed by atoms with Gasteiger partial charge in [0.2, 0.25) is 0 Å². The van der Waals surface area contributed by atoms with Crippen molar-refractivity contribution < 1.29 is 9.18 Å². The van der Waals surface area contributed by atoms with Crippen molar-refractivity contribution in [1.29, 1.82) is 0 Å². The first-order valence-corrected chi connectivity index (χ1v) is 7.90. The minimum atomic E-state index is -0.248. The van der Waals surface area contributed by atoms with Crippen molar-refractivity contribution in [2.24, 2.45) is 5.92 Å². The van der Waals surface area contributed by atoms with Crippen LogP contribution in [0.3, 0.4) is 0 Å². The Morgan fingerprint density at radius 1 is 1.04 bits per heavy atom. The standard InChI is InChI=1S/C19H23FN2O/c1-14(2)18(16-6-4-3-5-7-16)22-19(23)21-13-12-15-8-10-17(20)11-9-15/h3-11,14,18H,12-13H2,1-2H3,(H2,21,22,23). The second-order valence-electron chi connectivity index (χ2n) is 5.91. The molecule has 23 heavy (non-hydrogen) atoms. The lowest BCUT2D eigenvalue weighted by Gasteiger charge is -2.23. The van der Waals surface area contributed by atoms with Gasteiger partial charge in [0, 0.05) is 6.54 Å². The molecule has 122 valence electrons. The molecule has 0 aliphatic heterocycles. The molecule has 0 aromatic heterocycles. The van der Waals surface area contributed by atoms with Gasteiger partial charge in [-0.25, -0.2) is 9.18 Å². The Hall–Kier alpha value is -2.36. The fourth-order valence-corrected chi connectivity index (χ4v) is 2.46. The molecule has 1 atom stereocenters. The van der Waals surface area contributed by atoms with Crippen molar-refractivity contribution in [3.05, 3.63) is 71.5 Å². The number of urea groups is 1. The molecule has 0 bridgehead atoms. The van der Waals surface area contributed by atoms with Gasteiger partial charge in [0.1, 0.15) is 5.82 Å². The molecule has 0 fully saturated rings. The molecule has 1 unspecified atom stereocenters. The molecule has 2 amide bonds. The highest BCUT2D eigenvalue weighted by Crippen LogP contribution is 2.20. The zero-order valence-electron chi connectivity index (χ0n) is 13.6. The van der Waals surface area contributed by atoms with E-state index in [1.54, 1.807) is 12.1 Å². The summed E-state index contributed by atoms with van der Waals surface area (Å²) in [6, 6.07) is 16.1. The Kier molecular flexibility index (Phi) is 6.15. The SMILES string of the molecule is CC(C)C(NC(=O)NCCc1ccc(F)cc1)c1ccccc1. The van der Waals surface area contributed by atoms with E-state index in [9.17, 15) is 9.18 Å². The van der Waals surface area contributed by atoms with Gasteiger partial charge in [-0.3, -0.25) is 0 Å². The van der Waals surface area contributed by atoms with Gasteiger partial charge in [-0.05, 0) is 35.6 Å². The smallest absolute Gasteiger partial charge is 0.315 e. The summed E-state index contributed by atoms with van der Waals surface area (Å²) in [7, 11) is 0. The predicted molar refractivity (Wildman–Crippen MR) is 90.7 cm³/mol. The summed E-state index contributed by atoms with van der Waals surface area (Å²) in [5, 5.41) is 5.88. The maximum absolute atomic E-state index is 12.8. The first-order chi connectivity index (χ1) is 11.1. The topological polar surface area (TPSA) is 41.1 Å². The van der Waals surface area contributed by atoms with E-state index < -0.39 is 0 Å². The van der Waals surface area contributed by atoms with Crippen LogP contribution >= 0.6 is 0 Å². The van der Waals surface area contributed by atoms with Crippen LogP contribution < -0.4 is 10.6 Å². The number of benzene rings is 2. The van der Waals surface area contributed by atoms with Crippen molar-refractivity contribution in [3.8, 4) is 0 Å². The summed E-state index contributed by atoms with van der Waals surface area (Å²) >= 11 is 0. The Morgan fingerprint density at radius 2 is 1.70 bits per heavy atom. The molecule has 0 spiro atoms. The number of halogens is 1. The Morgan fingerprint density at radius 3 is 2.30 bits per heavy atom. The maximum atomic E-state index is 12.8. The van der Waals surface area contributed by atoms with Crippen LogP contribution in [-0.4, -0.2) is 12.6 Å². The largest absolute Gasteiger partial charge is 0.338 e. The van der Waals surface area contributed by atoms with Gasteiger partial charge in [0.25, 0.3) is 0 Å². The molecule has 0 saturated carbocycles. The first-order valence-electron chi connectivity index (χ1n) is 7.90. The summed E-state index contributed by atoms with van der Waals surface area (Å²) in [6.45, 7) is 4.67. The van der Waals surface area contributed by atoms with Crippen molar-refractivity contribution in [2.45, 2.75) is 26.3 Å². The van der Waals surface area contributed by atoms with Crippen LogP contribution in [0.2, 0.25) is 0 Å². The van der Waals surface area contributed by atoms with Gasteiger partial charge >= 0.3 is 6.03 Å².